The maximum atomic E-state index is 10.5. The minimum absolute atomic E-state index is 0.00954. The number of rotatable bonds is 2. The number of aromatic carboxylic acids is 1. The van der Waals surface area contributed by atoms with Crippen molar-refractivity contribution < 1.29 is 9.90 Å². The molecule has 5 nitrogen and oxygen atoms in total. The molecule has 12 heavy (non-hydrogen) atoms. The molecule has 1 N–H and O–H groups in total. The fourth-order valence-electron chi connectivity index (χ4n) is 0.790. The quantitative estimate of drug-likeness (QED) is 0.412. The molecule has 0 aliphatic carbocycles. The van der Waals surface area contributed by atoms with Crippen molar-refractivity contribution in [2.45, 2.75) is 0 Å². The van der Waals surface area contributed by atoms with Crippen molar-refractivity contribution in [3.63, 3.8) is 0 Å². The van der Waals surface area contributed by atoms with Gasteiger partial charge in [-0.05, 0) is 11.6 Å². The van der Waals surface area contributed by atoms with Crippen LogP contribution in [0.1, 0.15) is 10.4 Å². The molecule has 1 rings (SSSR count). The molecule has 60 valence electrons. The van der Waals surface area contributed by atoms with Crippen LogP contribution in [0.4, 0.5) is 5.69 Å². The topological polar surface area (TPSA) is 86.1 Å². The van der Waals surface area contributed by atoms with Crippen molar-refractivity contribution in [3.8, 4) is 0 Å². The number of hydrogen-bond acceptors (Lipinski definition) is 2. The summed E-state index contributed by atoms with van der Waals surface area (Å²) in [4.78, 5) is 13.0. The fourth-order valence-corrected chi connectivity index (χ4v) is 0.790. The molecule has 1 aromatic carbocycles. The highest BCUT2D eigenvalue weighted by Crippen LogP contribution is 2.18. The summed E-state index contributed by atoms with van der Waals surface area (Å²) in [5.74, 6) is -1.10. The third-order valence-corrected chi connectivity index (χ3v) is 1.29. The lowest BCUT2D eigenvalue weighted by Crippen LogP contribution is -1.95. The zero-order chi connectivity index (χ0) is 8.97. The van der Waals surface area contributed by atoms with Gasteiger partial charge < -0.3 is 5.11 Å². The highest BCUT2D eigenvalue weighted by molar-refractivity contribution is 5.93. The molecule has 0 aromatic heterocycles. The van der Waals surface area contributed by atoms with E-state index in [-0.39, 0.29) is 11.3 Å². The lowest BCUT2D eigenvalue weighted by Gasteiger charge is -1.96. The third-order valence-electron chi connectivity index (χ3n) is 1.29. The second-order valence-electron chi connectivity index (χ2n) is 2.01. The number of azide groups is 1. The first-order valence-electron chi connectivity index (χ1n) is 3.13. The van der Waals surface area contributed by atoms with Gasteiger partial charge >= 0.3 is 5.97 Å². The Hall–Kier alpha value is -2.00. The van der Waals surface area contributed by atoms with E-state index in [2.05, 4.69) is 10.0 Å². The molecule has 0 bridgehead atoms. The molecule has 0 heterocycles. The molecule has 1 aromatic rings. The number of carboxylic acid groups (broad SMARTS) is 1. The van der Waals surface area contributed by atoms with Gasteiger partial charge in [0.05, 0.1) is 11.3 Å². The van der Waals surface area contributed by atoms with E-state index in [0.29, 0.717) is 0 Å². The molecule has 0 unspecified atom stereocenters. The molecular formula is C7H5N3O2. The second-order valence-corrected chi connectivity index (χ2v) is 2.01. The van der Waals surface area contributed by atoms with Crippen LogP contribution in [0.15, 0.2) is 29.4 Å². The van der Waals surface area contributed by atoms with Crippen molar-refractivity contribution >= 4 is 11.7 Å². The minimum Gasteiger partial charge on any atom is -0.478 e. The number of carboxylic acids is 1. The second kappa shape index (κ2) is 3.41. The molecule has 0 saturated carbocycles. The molecule has 0 saturated heterocycles. The molecule has 0 radical (unpaired) electrons. The van der Waals surface area contributed by atoms with Gasteiger partial charge in [-0.3, -0.25) is 0 Å². The van der Waals surface area contributed by atoms with Crippen molar-refractivity contribution in [1.29, 1.82) is 0 Å². The SMILES string of the molecule is [N-]=[N+]=Nc1ccccc1C(=O)O. The van der Waals surface area contributed by atoms with E-state index in [1.54, 1.807) is 12.1 Å². The van der Waals surface area contributed by atoms with E-state index >= 15 is 0 Å². The summed E-state index contributed by atoms with van der Waals surface area (Å²) in [5, 5.41) is 11.8. The number of nitrogens with zero attached hydrogens (tertiary/aromatic N) is 3. The highest BCUT2D eigenvalue weighted by atomic mass is 16.4. The Morgan fingerprint density at radius 3 is 2.75 bits per heavy atom. The average molecular weight is 163 g/mol. The molecule has 0 atom stereocenters. The van der Waals surface area contributed by atoms with Gasteiger partial charge in [0.25, 0.3) is 0 Å². The first-order valence-corrected chi connectivity index (χ1v) is 3.13. The molecule has 5 heteroatoms. The van der Waals surface area contributed by atoms with E-state index in [9.17, 15) is 4.79 Å². The zero-order valence-corrected chi connectivity index (χ0v) is 6.01. The van der Waals surface area contributed by atoms with Gasteiger partial charge in [0.2, 0.25) is 0 Å². The first-order chi connectivity index (χ1) is 5.75. The van der Waals surface area contributed by atoms with E-state index < -0.39 is 5.97 Å². The Morgan fingerprint density at radius 1 is 1.50 bits per heavy atom. The van der Waals surface area contributed by atoms with E-state index in [4.69, 9.17) is 10.6 Å². The standard InChI is InChI=1S/C7H5N3O2/c8-10-9-6-4-2-1-3-5(6)7(11)12/h1-4H,(H,11,12). The van der Waals surface area contributed by atoms with Crippen LogP contribution in [0.25, 0.3) is 10.4 Å². The number of carbonyl (C=O) groups is 1. The normalized spacial score (nSPS) is 8.67. The largest absolute Gasteiger partial charge is 0.478 e. The predicted molar refractivity (Wildman–Crippen MR) is 42.2 cm³/mol. The Morgan fingerprint density at radius 2 is 2.17 bits per heavy atom. The third kappa shape index (κ3) is 1.53. The lowest BCUT2D eigenvalue weighted by atomic mass is 10.2. The molecule has 0 aliphatic rings. The molecule has 0 amide bonds. The van der Waals surface area contributed by atoms with Crippen LogP contribution in [0.5, 0.6) is 0 Å². The Balaban J connectivity index is 3.26. The van der Waals surface area contributed by atoms with Gasteiger partial charge in [-0.1, -0.05) is 23.3 Å². The monoisotopic (exact) mass is 163 g/mol. The Kier molecular flexibility index (Phi) is 2.30. The van der Waals surface area contributed by atoms with Gasteiger partial charge in [0, 0.05) is 4.91 Å². The minimum atomic E-state index is -1.10. The van der Waals surface area contributed by atoms with E-state index in [1.165, 1.54) is 12.1 Å². The van der Waals surface area contributed by atoms with E-state index in [1.807, 2.05) is 0 Å². The molecule has 0 aliphatic heterocycles. The summed E-state index contributed by atoms with van der Waals surface area (Å²) < 4.78 is 0. The Labute approximate surface area is 67.9 Å². The smallest absolute Gasteiger partial charge is 0.336 e. The highest BCUT2D eigenvalue weighted by Gasteiger charge is 2.05. The van der Waals surface area contributed by atoms with Crippen LogP contribution in [0.2, 0.25) is 0 Å². The van der Waals surface area contributed by atoms with Crippen LogP contribution in [-0.2, 0) is 0 Å². The van der Waals surface area contributed by atoms with E-state index in [0.717, 1.165) is 0 Å². The number of benzene rings is 1. The molecular weight excluding hydrogens is 158 g/mol. The van der Waals surface area contributed by atoms with Crippen molar-refractivity contribution in [2.24, 2.45) is 5.11 Å². The number of hydrogen-bond donors (Lipinski definition) is 1. The zero-order valence-electron chi connectivity index (χ0n) is 6.01. The van der Waals surface area contributed by atoms with Crippen LogP contribution in [0.3, 0.4) is 0 Å². The van der Waals surface area contributed by atoms with Gasteiger partial charge in [-0.25, -0.2) is 4.79 Å². The van der Waals surface area contributed by atoms with Gasteiger partial charge in [-0.15, -0.1) is 0 Å². The fraction of sp³-hybridized carbons (Fsp3) is 0. The molecule has 0 spiro atoms. The first kappa shape index (κ1) is 8.10. The van der Waals surface area contributed by atoms with Gasteiger partial charge in [-0.2, -0.15) is 0 Å². The predicted octanol–water partition coefficient (Wildman–Crippen LogP) is 2.33. The maximum Gasteiger partial charge on any atom is 0.336 e. The summed E-state index contributed by atoms with van der Waals surface area (Å²) in [7, 11) is 0. The summed E-state index contributed by atoms with van der Waals surface area (Å²) in [5.41, 5.74) is 8.23. The van der Waals surface area contributed by atoms with Crippen molar-refractivity contribution in [2.75, 3.05) is 0 Å². The van der Waals surface area contributed by atoms with Crippen LogP contribution >= 0.6 is 0 Å². The van der Waals surface area contributed by atoms with Crippen LogP contribution in [-0.4, -0.2) is 11.1 Å². The summed E-state index contributed by atoms with van der Waals surface area (Å²) >= 11 is 0. The van der Waals surface area contributed by atoms with Crippen molar-refractivity contribution in [1.82, 2.24) is 0 Å². The summed E-state index contributed by atoms with van der Waals surface area (Å²) in [6.07, 6.45) is 0. The van der Waals surface area contributed by atoms with Crippen molar-refractivity contribution in [3.05, 3.63) is 40.3 Å². The summed E-state index contributed by atoms with van der Waals surface area (Å²) in [6.45, 7) is 0. The van der Waals surface area contributed by atoms with Crippen LogP contribution in [0, 0.1) is 0 Å². The van der Waals surface area contributed by atoms with Crippen LogP contribution < -0.4 is 0 Å². The Bertz CT molecular complexity index is 334. The average Bonchev–Trinajstić information content (AvgIpc) is 2.05. The van der Waals surface area contributed by atoms with Gasteiger partial charge in [0.1, 0.15) is 0 Å². The maximum absolute atomic E-state index is 10.5. The molecule has 0 fully saturated rings. The lowest BCUT2D eigenvalue weighted by molar-refractivity contribution is 0.0698. The summed E-state index contributed by atoms with van der Waals surface area (Å²) in [6, 6.07) is 6.01. The van der Waals surface area contributed by atoms with Gasteiger partial charge in [0.15, 0.2) is 0 Å².